The normalized spacial score (nSPS) is 15.0. The molecule has 1 saturated heterocycles. The van der Waals surface area contributed by atoms with Gasteiger partial charge < -0.3 is 30.6 Å². The summed E-state index contributed by atoms with van der Waals surface area (Å²) in [6.07, 6.45) is 6.17. The van der Waals surface area contributed by atoms with E-state index in [-0.39, 0.29) is 18.6 Å². The van der Waals surface area contributed by atoms with Crippen LogP contribution in [-0.4, -0.2) is 103 Å². The Kier molecular flexibility index (Phi) is 9.08. The van der Waals surface area contributed by atoms with E-state index in [1.165, 1.54) is 0 Å². The molecule has 5 heterocycles. The smallest absolute Gasteiger partial charge is 0.238 e. The molecule has 14 heteroatoms. The summed E-state index contributed by atoms with van der Waals surface area (Å²) in [5, 5.41) is 14.9. The lowest BCUT2D eigenvalue weighted by atomic mass is 10.1. The summed E-state index contributed by atoms with van der Waals surface area (Å²) in [5.74, 6) is 2.13. The molecule has 0 spiro atoms. The number of aromatic amines is 1. The van der Waals surface area contributed by atoms with Crippen molar-refractivity contribution in [2.45, 2.75) is 26.4 Å². The van der Waals surface area contributed by atoms with E-state index in [0.29, 0.717) is 35.8 Å². The van der Waals surface area contributed by atoms with Crippen LogP contribution in [0, 0.1) is 13.8 Å². The minimum absolute atomic E-state index is 0.0519. The van der Waals surface area contributed by atoms with Gasteiger partial charge in [-0.3, -0.25) is 14.4 Å². The summed E-state index contributed by atoms with van der Waals surface area (Å²) in [4.78, 5) is 38.7. The van der Waals surface area contributed by atoms with Gasteiger partial charge >= 0.3 is 0 Å². The number of ether oxygens (including phenoxy) is 1. The zero-order chi connectivity index (χ0) is 32.2. The molecule has 1 aromatic carbocycles. The van der Waals surface area contributed by atoms with E-state index in [9.17, 15) is 4.79 Å². The number of nitrogens with zero attached hydrogens (tertiary/aromatic N) is 8. The Morgan fingerprint density at radius 1 is 1.15 bits per heavy atom. The molecule has 240 valence electrons. The molecule has 46 heavy (non-hydrogen) atoms. The number of hydrogen-bond donors (Lipinski definition) is 4. The maximum atomic E-state index is 13.2. The molecule has 0 aliphatic carbocycles. The molecule has 1 aliphatic rings. The third kappa shape index (κ3) is 7.24. The summed E-state index contributed by atoms with van der Waals surface area (Å²) in [6, 6.07) is 9.57. The number of para-hydroxylation sites is 1. The molecular weight excluding hydrogens is 584 g/mol. The van der Waals surface area contributed by atoms with Gasteiger partial charge in [-0.2, -0.15) is 10.1 Å². The fourth-order valence-electron chi connectivity index (χ4n) is 5.45. The maximum Gasteiger partial charge on any atom is 0.238 e. The van der Waals surface area contributed by atoms with Crippen LogP contribution in [0.25, 0.3) is 22.2 Å². The Balaban J connectivity index is 1.08. The summed E-state index contributed by atoms with van der Waals surface area (Å²) < 4.78 is 7.93. The number of H-pyrrole nitrogens is 1. The van der Waals surface area contributed by atoms with Gasteiger partial charge in [-0.1, -0.05) is 12.1 Å². The van der Waals surface area contributed by atoms with Crippen molar-refractivity contribution < 1.29 is 9.53 Å². The first-order chi connectivity index (χ1) is 22.2. The number of aryl methyl sites for hydroxylation is 3. The number of benzene rings is 1. The van der Waals surface area contributed by atoms with Crippen molar-refractivity contribution in [3.8, 4) is 17.1 Å². The van der Waals surface area contributed by atoms with Crippen molar-refractivity contribution in [1.29, 1.82) is 0 Å². The second-order valence-corrected chi connectivity index (χ2v) is 11.8. The van der Waals surface area contributed by atoms with Gasteiger partial charge in [-0.05, 0) is 46.0 Å². The van der Waals surface area contributed by atoms with Crippen molar-refractivity contribution in [1.82, 2.24) is 44.5 Å². The van der Waals surface area contributed by atoms with Crippen LogP contribution in [0.5, 0.6) is 5.88 Å². The number of likely N-dealkylation sites (N-methyl/N-ethyl adjacent to an activating group) is 1. The maximum absolute atomic E-state index is 13.2. The number of amides is 1. The number of rotatable bonds is 12. The first kappa shape index (κ1) is 30.9. The van der Waals surface area contributed by atoms with Crippen molar-refractivity contribution in [2.24, 2.45) is 7.05 Å². The molecule has 14 nitrogen and oxygen atoms in total. The van der Waals surface area contributed by atoms with Crippen molar-refractivity contribution in [2.75, 3.05) is 62.8 Å². The Hall–Kier alpha value is -5.08. The van der Waals surface area contributed by atoms with Gasteiger partial charge in [0.15, 0.2) is 5.82 Å². The predicted molar refractivity (Wildman–Crippen MR) is 178 cm³/mol. The molecule has 5 aromatic rings. The van der Waals surface area contributed by atoms with Crippen LogP contribution in [0.15, 0.2) is 48.9 Å². The molecule has 0 saturated carbocycles. The molecule has 1 fully saturated rings. The molecule has 1 amide bonds. The zero-order valence-electron chi connectivity index (χ0n) is 26.8. The highest BCUT2D eigenvalue weighted by Gasteiger charge is 2.26. The molecule has 4 N–H and O–H groups in total. The van der Waals surface area contributed by atoms with Gasteiger partial charge in [0.05, 0.1) is 23.4 Å². The van der Waals surface area contributed by atoms with Crippen molar-refractivity contribution >= 4 is 40.2 Å². The molecule has 4 aromatic heterocycles. The third-order valence-electron chi connectivity index (χ3n) is 7.93. The van der Waals surface area contributed by atoms with Crippen LogP contribution in [0.3, 0.4) is 0 Å². The monoisotopic (exact) mass is 624 g/mol. The largest absolute Gasteiger partial charge is 0.473 e. The number of likely N-dealkylation sites (tertiary alicyclic amines) is 1. The first-order valence-electron chi connectivity index (χ1n) is 15.3. The Bertz CT molecular complexity index is 1810. The van der Waals surface area contributed by atoms with Gasteiger partial charge in [0.2, 0.25) is 23.7 Å². The predicted octanol–water partition coefficient (Wildman–Crippen LogP) is 3.57. The number of nitrogens with one attached hydrogen (secondary N) is 4. The van der Waals surface area contributed by atoms with Crippen LogP contribution in [0.4, 0.5) is 23.4 Å². The average molecular weight is 625 g/mol. The van der Waals surface area contributed by atoms with Gasteiger partial charge in [-0.15, -0.1) is 0 Å². The highest BCUT2D eigenvalue weighted by Crippen LogP contribution is 2.33. The number of aromatic nitrogens is 7. The molecule has 0 radical (unpaired) electrons. The highest BCUT2D eigenvalue weighted by molar-refractivity contribution is 6.06. The number of fused-ring (bicyclic) bond motifs is 1. The fraction of sp³-hybridized carbons (Fsp3) is 0.375. The van der Waals surface area contributed by atoms with E-state index in [1.54, 1.807) is 23.1 Å². The van der Waals surface area contributed by atoms with E-state index in [0.717, 1.165) is 59.5 Å². The molecule has 0 bridgehead atoms. The second kappa shape index (κ2) is 13.5. The Morgan fingerprint density at radius 3 is 2.83 bits per heavy atom. The number of carbonyl (C=O) groups is 1. The van der Waals surface area contributed by atoms with E-state index in [1.807, 2.05) is 65.5 Å². The summed E-state index contributed by atoms with van der Waals surface area (Å²) in [5.41, 5.74) is 5.22. The first-order valence-corrected chi connectivity index (χ1v) is 15.3. The van der Waals surface area contributed by atoms with E-state index >= 15 is 0 Å². The fourth-order valence-corrected chi connectivity index (χ4v) is 5.45. The van der Waals surface area contributed by atoms with Gasteiger partial charge in [0, 0.05) is 80.6 Å². The summed E-state index contributed by atoms with van der Waals surface area (Å²) in [6.45, 7) is 7.24. The lowest BCUT2D eigenvalue weighted by Crippen LogP contribution is -2.33. The van der Waals surface area contributed by atoms with Crippen LogP contribution in [-0.2, 0) is 11.8 Å². The molecule has 1 aliphatic heterocycles. The third-order valence-corrected chi connectivity index (χ3v) is 7.93. The number of hydrogen-bond acceptors (Lipinski definition) is 11. The molecule has 0 unspecified atom stereocenters. The molecule has 1 atom stereocenters. The lowest BCUT2D eigenvalue weighted by molar-refractivity contribution is -0.117. The Morgan fingerprint density at radius 2 is 2.02 bits per heavy atom. The minimum Gasteiger partial charge on any atom is -0.473 e. The number of anilines is 4. The Labute approximate surface area is 267 Å². The van der Waals surface area contributed by atoms with Crippen LogP contribution >= 0.6 is 0 Å². The average Bonchev–Trinajstić information content (AvgIpc) is 3.73. The van der Waals surface area contributed by atoms with Gasteiger partial charge in [0.1, 0.15) is 6.10 Å². The summed E-state index contributed by atoms with van der Waals surface area (Å²) in [7, 11) is 5.93. The second-order valence-electron chi connectivity index (χ2n) is 11.8. The summed E-state index contributed by atoms with van der Waals surface area (Å²) >= 11 is 0. The van der Waals surface area contributed by atoms with Gasteiger partial charge in [0.25, 0.3) is 0 Å². The quantitative estimate of drug-likeness (QED) is 0.161. The lowest BCUT2D eigenvalue weighted by Gasteiger charge is -2.17. The van der Waals surface area contributed by atoms with E-state index in [4.69, 9.17) is 9.72 Å². The standard InChI is InChI=1S/C32H40N12O2/c1-20-16-36-32(38-26-15-21(2)43(5)41-26)40-29(20)24-17-35-30-23(24)7-6-8-25(30)37-27(45)19-44-13-10-22(18-44)46-28-9-11-33-31(39-28)34-12-14-42(3)4/h6-9,11,15-17,22,35H,10,12-14,18-19H2,1-5H3,(H,37,45)(H,33,34,39)(H,36,38,40,41)/t22-/m0/s1. The van der Waals surface area contributed by atoms with E-state index in [2.05, 4.69) is 50.8 Å². The molecular formula is C32H40N12O2. The van der Waals surface area contributed by atoms with Gasteiger partial charge in [-0.25, -0.2) is 15.0 Å². The van der Waals surface area contributed by atoms with Crippen molar-refractivity contribution in [3.05, 3.63) is 60.2 Å². The SMILES string of the molecule is Cc1cnc(Nc2cc(C)n(C)n2)nc1-c1c[nH]c2c(NC(=O)CN3CC[C@H](Oc4ccnc(NCCN(C)C)n4)C3)cccc12. The van der Waals surface area contributed by atoms with Crippen LogP contribution in [0.2, 0.25) is 0 Å². The van der Waals surface area contributed by atoms with E-state index < -0.39 is 0 Å². The molecule has 6 rings (SSSR count). The minimum atomic E-state index is -0.0888. The van der Waals surface area contributed by atoms with Crippen molar-refractivity contribution in [3.63, 3.8) is 0 Å². The highest BCUT2D eigenvalue weighted by atomic mass is 16.5. The van der Waals surface area contributed by atoms with Crippen LogP contribution in [0.1, 0.15) is 17.7 Å². The van der Waals surface area contributed by atoms with Crippen LogP contribution < -0.4 is 20.7 Å². The zero-order valence-corrected chi connectivity index (χ0v) is 26.8. The number of carbonyl (C=O) groups excluding carboxylic acids is 1. The topological polar surface area (TPSA) is 154 Å².